The van der Waals surface area contributed by atoms with E-state index >= 15 is 0 Å². The summed E-state index contributed by atoms with van der Waals surface area (Å²) in [5.41, 5.74) is 0. The highest BCUT2D eigenvalue weighted by Crippen LogP contribution is 2.19. The van der Waals surface area contributed by atoms with Crippen molar-refractivity contribution in [2.24, 2.45) is 0 Å². The molecule has 1 aliphatic heterocycles. The Labute approximate surface area is 108 Å². The number of nitrogens with zero attached hydrogens (tertiary/aromatic N) is 2. The van der Waals surface area contributed by atoms with E-state index in [1.807, 2.05) is 0 Å². The maximum atomic E-state index is 12.3. The molecule has 1 N–H and O–H groups in total. The van der Waals surface area contributed by atoms with Crippen molar-refractivity contribution in [3.05, 3.63) is 24.5 Å². The first-order valence-corrected chi connectivity index (χ1v) is 7.72. The molecule has 100 valence electrons. The molecule has 6 heteroatoms. The van der Waals surface area contributed by atoms with Gasteiger partial charge in [0, 0.05) is 31.5 Å². The molecule has 2 rings (SSSR count). The van der Waals surface area contributed by atoms with E-state index in [0.717, 1.165) is 19.4 Å². The van der Waals surface area contributed by atoms with Crippen LogP contribution in [0.15, 0.2) is 29.4 Å². The minimum absolute atomic E-state index is 0.284. The summed E-state index contributed by atoms with van der Waals surface area (Å²) in [6.45, 7) is 4.16. The minimum Gasteiger partial charge on any atom is -0.314 e. The van der Waals surface area contributed by atoms with Crippen LogP contribution in [-0.2, 0) is 10.0 Å². The zero-order valence-corrected chi connectivity index (χ0v) is 11.4. The van der Waals surface area contributed by atoms with E-state index in [1.54, 1.807) is 22.6 Å². The molecule has 18 heavy (non-hydrogen) atoms. The van der Waals surface area contributed by atoms with Gasteiger partial charge in [-0.15, -0.1) is 0 Å². The Morgan fingerprint density at radius 1 is 1.44 bits per heavy atom. The number of piperidine rings is 1. The molecule has 0 saturated carbocycles. The van der Waals surface area contributed by atoms with Crippen LogP contribution in [0.1, 0.15) is 19.8 Å². The van der Waals surface area contributed by atoms with E-state index in [1.165, 1.54) is 6.20 Å². The molecule has 0 unspecified atom stereocenters. The third-order valence-corrected chi connectivity index (χ3v) is 5.10. The quantitative estimate of drug-likeness (QED) is 0.880. The molecule has 5 nitrogen and oxygen atoms in total. The molecule has 2 heterocycles. The van der Waals surface area contributed by atoms with Gasteiger partial charge in [0.05, 0.1) is 0 Å². The molecule has 1 fully saturated rings. The Hall–Kier alpha value is -0.980. The van der Waals surface area contributed by atoms with Crippen molar-refractivity contribution >= 4 is 10.0 Å². The van der Waals surface area contributed by atoms with Gasteiger partial charge in [-0.05, 0) is 31.5 Å². The van der Waals surface area contributed by atoms with E-state index in [-0.39, 0.29) is 4.90 Å². The summed E-state index contributed by atoms with van der Waals surface area (Å²) >= 11 is 0. The van der Waals surface area contributed by atoms with Gasteiger partial charge in [0.2, 0.25) is 10.0 Å². The summed E-state index contributed by atoms with van der Waals surface area (Å²) in [7, 11) is -3.36. The summed E-state index contributed by atoms with van der Waals surface area (Å²) < 4.78 is 26.2. The Morgan fingerprint density at radius 2 is 2.17 bits per heavy atom. The summed E-state index contributed by atoms with van der Waals surface area (Å²) in [4.78, 5) is 4.16. The fourth-order valence-corrected chi connectivity index (χ4v) is 3.67. The van der Waals surface area contributed by atoms with Crippen LogP contribution in [-0.4, -0.2) is 43.4 Å². The highest BCUT2D eigenvalue weighted by Gasteiger charge is 2.28. The summed E-state index contributed by atoms with van der Waals surface area (Å²) in [6, 6.07) is 3.69. The van der Waals surface area contributed by atoms with Gasteiger partial charge in [0.1, 0.15) is 4.90 Å². The van der Waals surface area contributed by atoms with E-state index in [0.29, 0.717) is 19.1 Å². The molecule has 1 saturated heterocycles. The van der Waals surface area contributed by atoms with Crippen LogP contribution in [0.2, 0.25) is 0 Å². The maximum Gasteiger partial charge on any atom is 0.244 e. The molecule has 0 amide bonds. The average molecular weight is 269 g/mol. The summed E-state index contributed by atoms with van der Waals surface area (Å²) in [6.07, 6.45) is 4.73. The van der Waals surface area contributed by atoms with Gasteiger partial charge in [-0.2, -0.15) is 4.31 Å². The topological polar surface area (TPSA) is 62.3 Å². The number of pyridine rings is 1. The van der Waals surface area contributed by atoms with E-state index in [4.69, 9.17) is 0 Å². The fraction of sp³-hybridized carbons (Fsp3) is 0.583. The predicted molar refractivity (Wildman–Crippen MR) is 69.7 cm³/mol. The SMILES string of the molecule is CCNC1CCN(S(=O)(=O)c2cccnc2)CC1. The van der Waals surface area contributed by atoms with Crippen molar-refractivity contribution in [1.29, 1.82) is 0 Å². The van der Waals surface area contributed by atoms with Gasteiger partial charge in [-0.3, -0.25) is 4.98 Å². The van der Waals surface area contributed by atoms with Crippen LogP contribution in [0.5, 0.6) is 0 Å². The van der Waals surface area contributed by atoms with Gasteiger partial charge < -0.3 is 5.32 Å². The molecule has 0 aliphatic carbocycles. The van der Waals surface area contributed by atoms with Crippen LogP contribution >= 0.6 is 0 Å². The number of aromatic nitrogens is 1. The van der Waals surface area contributed by atoms with Gasteiger partial charge in [0.25, 0.3) is 0 Å². The first kappa shape index (κ1) is 13.5. The first-order valence-electron chi connectivity index (χ1n) is 6.28. The molecule has 1 aliphatic rings. The molecule has 0 spiro atoms. The number of rotatable bonds is 4. The molecule has 0 aromatic carbocycles. The number of hydrogen-bond donors (Lipinski definition) is 1. The zero-order valence-electron chi connectivity index (χ0n) is 10.5. The monoisotopic (exact) mass is 269 g/mol. The van der Waals surface area contributed by atoms with Crippen molar-refractivity contribution < 1.29 is 8.42 Å². The fourth-order valence-electron chi connectivity index (χ4n) is 2.24. The lowest BCUT2D eigenvalue weighted by atomic mass is 10.1. The Kier molecular flexibility index (Phi) is 4.31. The van der Waals surface area contributed by atoms with Crippen molar-refractivity contribution in [2.45, 2.75) is 30.7 Å². The maximum absolute atomic E-state index is 12.3. The molecular weight excluding hydrogens is 250 g/mol. The van der Waals surface area contributed by atoms with Crippen LogP contribution in [0.3, 0.4) is 0 Å². The molecular formula is C12H19N3O2S. The molecule has 1 aromatic heterocycles. The highest BCUT2D eigenvalue weighted by atomic mass is 32.2. The van der Waals surface area contributed by atoms with Crippen molar-refractivity contribution in [3.8, 4) is 0 Å². The average Bonchev–Trinajstić information content (AvgIpc) is 2.41. The van der Waals surface area contributed by atoms with E-state index < -0.39 is 10.0 Å². The highest BCUT2D eigenvalue weighted by molar-refractivity contribution is 7.89. The molecule has 1 aromatic rings. The normalized spacial score (nSPS) is 18.9. The third-order valence-electron chi connectivity index (χ3n) is 3.22. The van der Waals surface area contributed by atoms with Crippen LogP contribution in [0.25, 0.3) is 0 Å². The lowest BCUT2D eigenvalue weighted by molar-refractivity contribution is 0.292. The second kappa shape index (κ2) is 5.77. The van der Waals surface area contributed by atoms with Crippen molar-refractivity contribution in [1.82, 2.24) is 14.6 Å². The lowest BCUT2D eigenvalue weighted by Crippen LogP contribution is -2.44. The second-order valence-corrected chi connectivity index (χ2v) is 6.36. The molecule has 0 radical (unpaired) electrons. The largest absolute Gasteiger partial charge is 0.314 e. The standard InChI is InChI=1S/C12H19N3O2S/c1-2-14-11-5-8-15(9-6-11)18(16,17)12-4-3-7-13-10-12/h3-4,7,10-11,14H,2,5-6,8-9H2,1H3. The molecule has 0 bridgehead atoms. The summed E-state index contributed by atoms with van der Waals surface area (Å²) in [5, 5.41) is 3.36. The molecule has 0 atom stereocenters. The lowest BCUT2D eigenvalue weighted by Gasteiger charge is -2.31. The smallest absolute Gasteiger partial charge is 0.244 e. The number of sulfonamides is 1. The second-order valence-electron chi connectivity index (χ2n) is 4.42. The van der Waals surface area contributed by atoms with Gasteiger partial charge >= 0.3 is 0 Å². The number of hydrogen-bond acceptors (Lipinski definition) is 4. The Morgan fingerprint density at radius 3 is 2.72 bits per heavy atom. The first-order chi connectivity index (χ1) is 8.64. The zero-order chi connectivity index (χ0) is 13.0. The minimum atomic E-state index is -3.36. The van der Waals surface area contributed by atoms with E-state index in [2.05, 4.69) is 17.2 Å². The predicted octanol–water partition coefficient (Wildman–Crippen LogP) is 0.844. The van der Waals surface area contributed by atoms with Crippen molar-refractivity contribution in [3.63, 3.8) is 0 Å². The van der Waals surface area contributed by atoms with Gasteiger partial charge in [0.15, 0.2) is 0 Å². The van der Waals surface area contributed by atoms with E-state index in [9.17, 15) is 8.42 Å². The van der Waals surface area contributed by atoms with Crippen LogP contribution < -0.4 is 5.32 Å². The van der Waals surface area contributed by atoms with Crippen molar-refractivity contribution in [2.75, 3.05) is 19.6 Å². The van der Waals surface area contributed by atoms with Crippen LogP contribution in [0.4, 0.5) is 0 Å². The summed E-state index contributed by atoms with van der Waals surface area (Å²) in [5.74, 6) is 0. The Bertz CT molecular complexity index is 467. The Balaban J connectivity index is 2.05. The third kappa shape index (κ3) is 2.88. The van der Waals surface area contributed by atoms with Gasteiger partial charge in [-0.1, -0.05) is 6.92 Å². The van der Waals surface area contributed by atoms with Crippen LogP contribution in [0, 0.1) is 0 Å². The number of nitrogens with one attached hydrogen (secondary N) is 1. The van der Waals surface area contributed by atoms with Gasteiger partial charge in [-0.25, -0.2) is 8.42 Å².